The Morgan fingerprint density at radius 3 is 2.82 bits per heavy atom. The lowest BCUT2D eigenvalue weighted by Crippen LogP contribution is -2.39. The number of aromatic nitrogens is 4. The van der Waals surface area contributed by atoms with Gasteiger partial charge in [-0.05, 0) is 25.8 Å². The van der Waals surface area contributed by atoms with E-state index in [1.807, 2.05) is 0 Å². The van der Waals surface area contributed by atoms with Gasteiger partial charge in [0.1, 0.15) is 5.82 Å². The topological polar surface area (TPSA) is 91.8 Å². The zero-order chi connectivity index (χ0) is 15.5. The van der Waals surface area contributed by atoms with Gasteiger partial charge in [-0.25, -0.2) is 19.7 Å². The molecule has 3 rings (SSSR count). The molecule has 1 aliphatic rings. The highest BCUT2D eigenvalue weighted by atomic mass is 16.2. The zero-order valence-corrected chi connectivity index (χ0v) is 12.3. The predicted octanol–water partition coefficient (Wildman–Crippen LogP) is 0.888. The lowest BCUT2D eigenvalue weighted by Gasteiger charge is -2.32. The zero-order valence-electron chi connectivity index (χ0n) is 12.3. The van der Waals surface area contributed by atoms with Crippen LogP contribution in [0.25, 0.3) is 0 Å². The quantitative estimate of drug-likeness (QED) is 0.889. The highest BCUT2D eigenvalue weighted by molar-refractivity contribution is 5.93. The van der Waals surface area contributed by atoms with Crippen molar-refractivity contribution >= 4 is 5.91 Å². The Morgan fingerprint density at radius 1 is 1.32 bits per heavy atom. The molecule has 0 spiro atoms. The van der Waals surface area contributed by atoms with Crippen LogP contribution in [-0.4, -0.2) is 43.8 Å². The Balaban J connectivity index is 1.76. The summed E-state index contributed by atoms with van der Waals surface area (Å²) in [5.41, 5.74) is 0.972. The van der Waals surface area contributed by atoms with E-state index in [0.29, 0.717) is 24.5 Å². The van der Waals surface area contributed by atoms with Crippen LogP contribution < -0.4 is 5.69 Å². The van der Waals surface area contributed by atoms with Crippen molar-refractivity contribution in [3.8, 4) is 0 Å². The Hall–Kier alpha value is -2.57. The third-order valence-electron chi connectivity index (χ3n) is 3.87. The van der Waals surface area contributed by atoms with Gasteiger partial charge in [0.25, 0.3) is 5.91 Å². The highest BCUT2D eigenvalue weighted by Gasteiger charge is 2.26. The third kappa shape index (κ3) is 3.03. The summed E-state index contributed by atoms with van der Waals surface area (Å²) < 4.78 is 0. The van der Waals surface area contributed by atoms with Crippen molar-refractivity contribution < 1.29 is 4.79 Å². The minimum absolute atomic E-state index is 0.0684. The van der Waals surface area contributed by atoms with E-state index in [9.17, 15) is 9.59 Å². The number of aromatic amines is 1. The van der Waals surface area contributed by atoms with Gasteiger partial charge in [-0.15, -0.1) is 0 Å². The van der Waals surface area contributed by atoms with Crippen molar-refractivity contribution in [2.24, 2.45) is 0 Å². The molecule has 7 nitrogen and oxygen atoms in total. The number of carbonyl (C=O) groups is 1. The molecule has 3 heterocycles. The first-order chi connectivity index (χ1) is 10.6. The molecule has 1 N–H and O–H groups in total. The van der Waals surface area contributed by atoms with Crippen LogP contribution in [0.15, 0.2) is 29.5 Å². The standard InChI is InChI=1S/C15H17N5O2/c1-10-17-7-12(8-18-10)14(21)20-6-2-3-11(9-20)13-4-5-16-15(22)19-13/h4-5,7-8,11H,2-3,6,9H2,1H3,(H,16,19,22). The van der Waals surface area contributed by atoms with Crippen molar-refractivity contribution in [1.29, 1.82) is 0 Å². The largest absolute Gasteiger partial charge is 0.345 e. The normalized spacial score (nSPS) is 18.2. The number of hydrogen-bond acceptors (Lipinski definition) is 5. The number of likely N-dealkylation sites (tertiary alicyclic amines) is 1. The third-order valence-corrected chi connectivity index (χ3v) is 3.87. The molecule has 1 unspecified atom stereocenters. The predicted molar refractivity (Wildman–Crippen MR) is 79.5 cm³/mol. The number of nitrogens with zero attached hydrogens (tertiary/aromatic N) is 4. The molecule has 1 amide bonds. The van der Waals surface area contributed by atoms with E-state index in [-0.39, 0.29) is 17.5 Å². The van der Waals surface area contributed by atoms with Crippen LogP contribution >= 0.6 is 0 Å². The van der Waals surface area contributed by atoms with Gasteiger partial charge in [-0.3, -0.25) is 4.79 Å². The summed E-state index contributed by atoms with van der Waals surface area (Å²) in [6.07, 6.45) is 6.45. The van der Waals surface area contributed by atoms with Gasteiger partial charge in [0.05, 0.1) is 5.56 Å². The number of carbonyl (C=O) groups excluding carboxylic acids is 1. The minimum Gasteiger partial charge on any atom is -0.338 e. The monoisotopic (exact) mass is 299 g/mol. The SMILES string of the molecule is Cc1ncc(C(=O)N2CCCC(c3ccnc(=O)[nH]3)C2)cn1. The summed E-state index contributed by atoms with van der Waals surface area (Å²) in [6.45, 7) is 3.07. The molecule has 1 atom stereocenters. The van der Waals surface area contributed by atoms with Gasteiger partial charge in [-0.1, -0.05) is 0 Å². The summed E-state index contributed by atoms with van der Waals surface area (Å²) in [5, 5.41) is 0. The molecule has 7 heteroatoms. The van der Waals surface area contributed by atoms with Gasteiger partial charge in [-0.2, -0.15) is 0 Å². The second-order valence-electron chi connectivity index (χ2n) is 5.44. The van der Waals surface area contributed by atoms with Gasteiger partial charge >= 0.3 is 5.69 Å². The molecule has 2 aromatic heterocycles. The molecule has 1 fully saturated rings. The van der Waals surface area contributed by atoms with E-state index in [0.717, 1.165) is 18.5 Å². The average molecular weight is 299 g/mol. The molecule has 0 aromatic carbocycles. The maximum atomic E-state index is 12.5. The molecule has 114 valence electrons. The maximum absolute atomic E-state index is 12.5. The first-order valence-electron chi connectivity index (χ1n) is 7.26. The van der Waals surface area contributed by atoms with Crippen molar-refractivity contribution in [3.63, 3.8) is 0 Å². The Labute approximate surface area is 127 Å². The summed E-state index contributed by atoms with van der Waals surface area (Å²) in [7, 11) is 0. The van der Waals surface area contributed by atoms with Crippen LogP contribution in [0.1, 0.15) is 40.6 Å². The summed E-state index contributed by atoms with van der Waals surface area (Å²) in [5.74, 6) is 0.698. The van der Waals surface area contributed by atoms with E-state index in [4.69, 9.17) is 0 Å². The highest BCUT2D eigenvalue weighted by Crippen LogP contribution is 2.25. The molecular formula is C15H17N5O2. The van der Waals surface area contributed by atoms with E-state index < -0.39 is 0 Å². The number of amides is 1. The summed E-state index contributed by atoms with van der Waals surface area (Å²) in [6, 6.07) is 1.80. The van der Waals surface area contributed by atoms with Crippen LogP contribution in [0.5, 0.6) is 0 Å². The second kappa shape index (κ2) is 6.05. The number of rotatable bonds is 2. The van der Waals surface area contributed by atoms with E-state index in [2.05, 4.69) is 19.9 Å². The molecular weight excluding hydrogens is 282 g/mol. The summed E-state index contributed by atoms with van der Waals surface area (Å²) in [4.78, 5) is 40.2. The molecule has 1 aliphatic heterocycles. The van der Waals surface area contributed by atoms with Gasteiger partial charge < -0.3 is 9.88 Å². The molecule has 0 saturated carbocycles. The van der Waals surface area contributed by atoms with Crippen LogP contribution in [0.2, 0.25) is 0 Å². The Morgan fingerprint density at radius 2 is 2.09 bits per heavy atom. The molecule has 2 aromatic rings. The van der Waals surface area contributed by atoms with Crippen LogP contribution in [0.4, 0.5) is 0 Å². The fraction of sp³-hybridized carbons (Fsp3) is 0.400. The number of H-pyrrole nitrogens is 1. The lowest BCUT2D eigenvalue weighted by atomic mass is 9.94. The molecule has 22 heavy (non-hydrogen) atoms. The van der Waals surface area contributed by atoms with Crippen molar-refractivity contribution in [2.45, 2.75) is 25.7 Å². The van der Waals surface area contributed by atoms with Crippen LogP contribution in [0.3, 0.4) is 0 Å². The summed E-state index contributed by atoms with van der Waals surface area (Å²) >= 11 is 0. The van der Waals surface area contributed by atoms with E-state index in [1.165, 1.54) is 6.20 Å². The Kier molecular flexibility index (Phi) is 3.95. The van der Waals surface area contributed by atoms with E-state index in [1.54, 1.807) is 30.3 Å². The number of aryl methyl sites for hydroxylation is 1. The van der Waals surface area contributed by atoms with Crippen LogP contribution in [-0.2, 0) is 0 Å². The molecule has 0 radical (unpaired) electrons. The second-order valence-corrected chi connectivity index (χ2v) is 5.44. The number of nitrogens with one attached hydrogen (secondary N) is 1. The molecule has 0 aliphatic carbocycles. The average Bonchev–Trinajstić information content (AvgIpc) is 2.55. The molecule has 1 saturated heterocycles. The van der Waals surface area contributed by atoms with Crippen molar-refractivity contribution in [2.75, 3.05) is 13.1 Å². The van der Waals surface area contributed by atoms with Gasteiger partial charge in [0.15, 0.2) is 0 Å². The van der Waals surface area contributed by atoms with Crippen LogP contribution in [0, 0.1) is 6.92 Å². The lowest BCUT2D eigenvalue weighted by molar-refractivity contribution is 0.0705. The Bertz CT molecular complexity index is 725. The van der Waals surface area contributed by atoms with Gasteiger partial charge in [0.2, 0.25) is 0 Å². The first kappa shape index (κ1) is 14.4. The van der Waals surface area contributed by atoms with Crippen molar-refractivity contribution in [1.82, 2.24) is 24.8 Å². The van der Waals surface area contributed by atoms with Gasteiger partial charge in [0, 0.05) is 43.3 Å². The minimum atomic E-state index is -0.354. The maximum Gasteiger partial charge on any atom is 0.345 e. The number of piperidine rings is 1. The fourth-order valence-corrected chi connectivity index (χ4v) is 2.72. The molecule has 0 bridgehead atoms. The van der Waals surface area contributed by atoms with E-state index >= 15 is 0 Å². The number of hydrogen-bond donors (Lipinski definition) is 1. The van der Waals surface area contributed by atoms with Crippen molar-refractivity contribution in [3.05, 3.63) is 52.2 Å². The fourth-order valence-electron chi connectivity index (χ4n) is 2.72. The smallest absolute Gasteiger partial charge is 0.338 e. The first-order valence-corrected chi connectivity index (χ1v) is 7.26.